The van der Waals surface area contributed by atoms with Crippen LogP contribution in [-0.4, -0.2) is 42.3 Å². The van der Waals surface area contributed by atoms with E-state index in [1.54, 1.807) is 21.2 Å². The van der Waals surface area contributed by atoms with Gasteiger partial charge in [0, 0.05) is 14.1 Å². The summed E-state index contributed by atoms with van der Waals surface area (Å²) >= 11 is 0. The molecule has 0 bridgehead atoms. The fourth-order valence-corrected chi connectivity index (χ4v) is 1.07. The predicted octanol–water partition coefficient (Wildman–Crippen LogP) is 0.513. The number of rotatable bonds is 3. The molecule has 2 rings (SSSR count). The van der Waals surface area contributed by atoms with Crippen LogP contribution in [0.25, 0.3) is 0 Å². The van der Waals surface area contributed by atoms with E-state index in [1.165, 1.54) is 17.7 Å². The molecule has 1 amide bonds. The SMILES string of the molecule is CN(C)C=O.COc1nn(C2CC2)cc1N. The van der Waals surface area contributed by atoms with Crippen LogP contribution in [0.5, 0.6) is 5.88 Å². The van der Waals surface area contributed by atoms with Crippen molar-refractivity contribution in [2.45, 2.75) is 18.9 Å². The Kier molecular flexibility index (Phi) is 4.16. The van der Waals surface area contributed by atoms with Gasteiger partial charge in [0.25, 0.3) is 5.88 Å². The third kappa shape index (κ3) is 3.45. The Balaban J connectivity index is 0.000000221. The molecule has 0 spiro atoms. The lowest BCUT2D eigenvalue weighted by molar-refractivity contribution is -0.115. The quantitative estimate of drug-likeness (QED) is 0.762. The molecule has 0 saturated heterocycles. The van der Waals surface area contributed by atoms with E-state index in [4.69, 9.17) is 10.5 Å². The van der Waals surface area contributed by atoms with Crippen LogP contribution in [0.2, 0.25) is 0 Å². The molecule has 1 aromatic rings. The van der Waals surface area contributed by atoms with Gasteiger partial charge in [0.15, 0.2) is 0 Å². The maximum Gasteiger partial charge on any atom is 0.256 e. The second-order valence-corrected chi connectivity index (χ2v) is 3.87. The zero-order valence-corrected chi connectivity index (χ0v) is 9.88. The Morgan fingerprint density at radius 2 is 2.19 bits per heavy atom. The molecule has 1 aliphatic rings. The molecule has 0 radical (unpaired) electrons. The molecule has 0 unspecified atom stereocenters. The maximum absolute atomic E-state index is 9.43. The highest BCUT2D eigenvalue weighted by atomic mass is 16.5. The third-order valence-corrected chi connectivity index (χ3v) is 2.05. The van der Waals surface area contributed by atoms with Crippen molar-refractivity contribution >= 4 is 12.1 Å². The summed E-state index contributed by atoms with van der Waals surface area (Å²) in [6.45, 7) is 0. The summed E-state index contributed by atoms with van der Waals surface area (Å²) in [5, 5.41) is 4.16. The molecule has 0 aliphatic heterocycles. The first kappa shape index (κ1) is 12.4. The van der Waals surface area contributed by atoms with Gasteiger partial charge in [-0.2, -0.15) is 0 Å². The smallest absolute Gasteiger partial charge is 0.256 e. The number of nitrogen functional groups attached to an aromatic ring is 1. The highest BCUT2D eigenvalue weighted by molar-refractivity contribution is 5.46. The van der Waals surface area contributed by atoms with E-state index < -0.39 is 0 Å². The van der Waals surface area contributed by atoms with Crippen LogP contribution in [0.15, 0.2) is 6.20 Å². The monoisotopic (exact) mass is 226 g/mol. The fourth-order valence-electron chi connectivity index (χ4n) is 1.07. The van der Waals surface area contributed by atoms with Crippen LogP contribution >= 0.6 is 0 Å². The van der Waals surface area contributed by atoms with Crippen molar-refractivity contribution in [3.8, 4) is 5.88 Å². The van der Waals surface area contributed by atoms with Crippen LogP contribution in [0.1, 0.15) is 18.9 Å². The van der Waals surface area contributed by atoms with Crippen LogP contribution in [0.3, 0.4) is 0 Å². The first-order valence-corrected chi connectivity index (χ1v) is 5.08. The Bertz CT molecular complexity index is 345. The number of aromatic nitrogens is 2. The Hall–Kier alpha value is -1.72. The molecule has 2 N–H and O–H groups in total. The molecule has 90 valence electrons. The number of anilines is 1. The molecule has 16 heavy (non-hydrogen) atoms. The number of nitrogens with zero attached hydrogens (tertiary/aromatic N) is 3. The van der Waals surface area contributed by atoms with Gasteiger partial charge in [0.2, 0.25) is 6.41 Å². The molecular formula is C10H18N4O2. The largest absolute Gasteiger partial charge is 0.478 e. The van der Waals surface area contributed by atoms with Gasteiger partial charge in [-0.15, -0.1) is 5.10 Å². The topological polar surface area (TPSA) is 73.4 Å². The van der Waals surface area contributed by atoms with Gasteiger partial charge >= 0.3 is 0 Å². The Morgan fingerprint density at radius 1 is 1.62 bits per heavy atom. The van der Waals surface area contributed by atoms with E-state index in [0.717, 1.165) is 6.41 Å². The highest BCUT2D eigenvalue weighted by Gasteiger charge is 2.25. The molecule has 1 fully saturated rings. The van der Waals surface area contributed by atoms with Gasteiger partial charge in [-0.3, -0.25) is 9.48 Å². The number of nitrogens with two attached hydrogens (primary N) is 1. The van der Waals surface area contributed by atoms with Crippen molar-refractivity contribution in [1.82, 2.24) is 14.7 Å². The van der Waals surface area contributed by atoms with Gasteiger partial charge in [-0.25, -0.2) is 0 Å². The fraction of sp³-hybridized carbons (Fsp3) is 0.600. The number of carbonyl (C=O) groups excluding carboxylic acids is 1. The van der Waals surface area contributed by atoms with Crippen molar-refractivity contribution in [2.24, 2.45) is 0 Å². The van der Waals surface area contributed by atoms with Crippen molar-refractivity contribution in [1.29, 1.82) is 0 Å². The minimum Gasteiger partial charge on any atom is -0.478 e. The Morgan fingerprint density at radius 3 is 2.50 bits per heavy atom. The van der Waals surface area contributed by atoms with Crippen LogP contribution in [0, 0.1) is 0 Å². The summed E-state index contributed by atoms with van der Waals surface area (Å²) in [5.74, 6) is 0.539. The van der Waals surface area contributed by atoms with Gasteiger partial charge in [-0.05, 0) is 12.8 Å². The maximum atomic E-state index is 9.43. The zero-order valence-electron chi connectivity index (χ0n) is 9.88. The highest BCUT2D eigenvalue weighted by Crippen LogP contribution is 2.36. The lowest BCUT2D eigenvalue weighted by Gasteiger charge is -1.93. The summed E-state index contributed by atoms with van der Waals surface area (Å²) in [7, 11) is 4.95. The van der Waals surface area contributed by atoms with E-state index in [9.17, 15) is 4.79 Å². The number of amides is 1. The Labute approximate surface area is 95.0 Å². The third-order valence-electron chi connectivity index (χ3n) is 2.05. The molecule has 1 aromatic heterocycles. The normalized spacial score (nSPS) is 13.7. The van der Waals surface area contributed by atoms with E-state index in [2.05, 4.69) is 5.10 Å². The molecule has 1 heterocycles. The minimum absolute atomic E-state index is 0.539. The van der Waals surface area contributed by atoms with Gasteiger partial charge in [-0.1, -0.05) is 0 Å². The summed E-state index contributed by atoms with van der Waals surface area (Å²) in [6, 6.07) is 0.571. The number of methoxy groups -OCH3 is 1. The van der Waals surface area contributed by atoms with Crippen molar-refractivity contribution in [3.63, 3.8) is 0 Å². The van der Waals surface area contributed by atoms with E-state index in [-0.39, 0.29) is 0 Å². The number of carbonyl (C=O) groups is 1. The van der Waals surface area contributed by atoms with Gasteiger partial charge in [0.1, 0.15) is 5.69 Å². The summed E-state index contributed by atoms with van der Waals surface area (Å²) in [6.07, 6.45) is 5.01. The van der Waals surface area contributed by atoms with Crippen LogP contribution < -0.4 is 10.5 Å². The van der Waals surface area contributed by atoms with Crippen molar-refractivity contribution in [3.05, 3.63) is 6.20 Å². The number of hydrogen-bond donors (Lipinski definition) is 1. The van der Waals surface area contributed by atoms with Gasteiger partial charge in [0.05, 0.1) is 19.3 Å². The van der Waals surface area contributed by atoms with Crippen LogP contribution in [0.4, 0.5) is 5.69 Å². The predicted molar refractivity (Wildman–Crippen MR) is 61.2 cm³/mol. The van der Waals surface area contributed by atoms with E-state index in [0.29, 0.717) is 17.6 Å². The molecule has 6 nitrogen and oxygen atoms in total. The number of hydrogen-bond acceptors (Lipinski definition) is 4. The molecule has 1 saturated carbocycles. The molecule has 6 heteroatoms. The molecular weight excluding hydrogens is 208 g/mol. The van der Waals surface area contributed by atoms with E-state index >= 15 is 0 Å². The lowest BCUT2D eigenvalue weighted by Crippen LogP contribution is -2.06. The summed E-state index contributed by atoms with van der Waals surface area (Å²) in [4.78, 5) is 10.9. The second-order valence-electron chi connectivity index (χ2n) is 3.87. The zero-order chi connectivity index (χ0) is 12.1. The standard InChI is InChI=1S/C7H11N3O.C3H7NO/c1-11-7-6(8)4-10(9-7)5-2-3-5;1-4(2)3-5/h4-5H,2-3,8H2,1H3;3H,1-2H3. The first-order chi connectivity index (χ1) is 7.58. The molecule has 1 aliphatic carbocycles. The molecule has 0 aromatic carbocycles. The second kappa shape index (κ2) is 5.39. The average molecular weight is 226 g/mol. The van der Waals surface area contributed by atoms with Crippen molar-refractivity contribution < 1.29 is 9.53 Å². The van der Waals surface area contributed by atoms with E-state index in [1.807, 2.05) is 10.9 Å². The van der Waals surface area contributed by atoms with Crippen molar-refractivity contribution in [2.75, 3.05) is 26.9 Å². The summed E-state index contributed by atoms with van der Waals surface area (Å²) in [5.41, 5.74) is 6.23. The lowest BCUT2D eigenvalue weighted by atomic mass is 10.6. The number of ether oxygens (including phenoxy) is 1. The van der Waals surface area contributed by atoms with Gasteiger partial charge < -0.3 is 15.4 Å². The average Bonchev–Trinajstić information content (AvgIpc) is 3.03. The first-order valence-electron chi connectivity index (χ1n) is 5.08. The minimum atomic E-state index is 0.539. The molecule has 0 atom stereocenters. The summed E-state index contributed by atoms with van der Waals surface area (Å²) < 4.78 is 6.83. The van der Waals surface area contributed by atoms with Crippen LogP contribution in [-0.2, 0) is 4.79 Å².